The van der Waals surface area contributed by atoms with Gasteiger partial charge in [-0.1, -0.05) is 0 Å². The summed E-state index contributed by atoms with van der Waals surface area (Å²) in [5.74, 6) is 6.98. The van der Waals surface area contributed by atoms with Crippen LogP contribution in [0.15, 0.2) is 0 Å². The van der Waals surface area contributed by atoms with E-state index in [1.54, 1.807) is 0 Å². The highest BCUT2D eigenvalue weighted by molar-refractivity contribution is 6.01. The second kappa shape index (κ2) is 5.88. The van der Waals surface area contributed by atoms with Gasteiger partial charge in [-0.3, -0.25) is 9.59 Å². The van der Waals surface area contributed by atoms with Crippen molar-refractivity contribution < 1.29 is 19.2 Å². The van der Waals surface area contributed by atoms with E-state index in [2.05, 4.69) is 11.8 Å². The summed E-state index contributed by atoms with van der Waals surface area (Å²) in [6.45, 7) is 0. The molecule has 2 unspecified atom stereocenters. The number of hydrogen-bond donors (Lipinski definition) is 0. The minimum absolute atomic E-state index is 0.138. The first-order valence-corrected chi connectivity index (χ1v) is 7.69. The zero-order chi connectivity index (χ0) is 14.8. The molecule has 3 rings (SSSR count). The first kappa shape index (κ1) is 14.1. The van der Waals surface area contributed by atoms with Gasteiger partial charge in [0.15, 0.2) is 0 Å². The third-order valence-electron chi connectivity index (χ3n) is 4.72. The molecular weight excluding hydrogens is 270 g/mol. The summed E-state index contributed by atoms with van der Waals surface area (Å²) in [4.78, 5) is 39.4. The number of carbonyl (C=O) groups is 3. The number of hydroxylamine groups is 2. The molecule has 2 fully saturated rings. The van der Waals surface area contributed by atoms with Crippen LogP contribution in [-0.2, 0) is 19.2 Å². The highest BCUT2D eigenvalue weighted by Crippen LogP contribution is 2.54. The first-order valence-electron chi connectivity index (χ1n) is 7.69. The van der Waals surface area contributed by atoms with Crippen molar-refractivity contribution in [2.45, 2.75) is 51.4 Å². The summed E-state index contributed by atoms with van der Waals surface area (Å²) in [6.07, 6.45) is 5.50. The van der Waals surface area contributed by atoms with Crippen molar-refractivity contribution in [1.82, 2.24) is 5.06 Å². The second-order valence-electron chi connectivity index (χ2n) is 6.01. The number of imide groups is 1. The fraction of sp³-hybridized carbons (Fsp3) is 0.688. The van der Waals surface area contributed by atoms with E-state index in [0.29, 0.717) is 22.8 Å². The van der Waals surface area contributed by atoms with Gasteiger partial charge in [0.2, 0.25) is 0 Å². The largest absolute Gasteiger partial charge is 0.333 e. The second-order valence-corrected chi connectivity index (χ2v) is 6.01. The molecule has 1 aliphatic heterocycles. The Morgan fingerprint density at radius 1 is 1.10 bits per heavy atom. The lowest BCUT2D eigenvalue weighted by Gasteiger charge is -2.12. The smallest absolute Gasteiger partial charge is 0.330 e. The average molecular weight is 289 g/mol. The summed E-state index contributed by atoms with van der Waals surface area (Å²) in [5.41, 5.74) is 0. The van der Waals surface area contributed by atoms with E-state index in [9.17, 15) is 14.4 Å². The summed E-state index contributed by atoms with van der Waals surface area (Å²) in [7, 11) is 0. The molecule has 112 valence electrons. The highest BCUT2D eigenvalue weighted by atomic mass is 16.7. The molecule has 1 saturated heterocycles. The quantitative estimate of drug-likeness (QED) is 0.585. The topological polar surface area (TPSA) is 63.7 Å². The van der Waals surface area contributed by atoms with E-state index in [4.69, 9.17) is 4.84 Å². The molecule has 0 radical (unpaired) electrons. The molecule has 3 aliphatic rings. The molecule has 0 aromatic rings. The van der Waals surface area contributed by atoms with Crippen molar-refractivity contribution in [1.29, 1.82) is 0 Å². The number of hydrogen-bond acceptors (Lipinski definition) is 4. The molecule has 0 aromatic heterocycles. The maximum absolute atomic E-state index is 11.8. The molecule has 0 aromatic carbocycles. The maximum Gasteiger partial charge on any atom is 0.333 e. The molecule has 2 atom stereocenters. The van der Waals surface area contributed by atoms with Crippen LogP contribution in [0.25, 0.3) is 0 Å². The Bertz CT molecular complexity index is 496. The Hall–Kier alpha value is -1.83. The lowest BCUT2D eigenvalue weighted by Crippen LogP contribution is -2.32. The van der Waals surface area contributed by atoms with E-state index in [0.717, 1.165) is 32.1 Å². The average Bonchev–Trinajstić information content (AvgIpc) is 2.98. The summed E-state index contributed by atoms with van der Waals surface area (Å²) in [6, 6.07) is 0. The molecule has 2 amide bonds. The number of fused-ring (bicyclic) bond motifs is 1. The monoisotopic (exact) mass is 289 g/mol. The summed E-state index contributed by atoms with van der Waals surface area (Å²) in [5, 5.41) is 0.631. The van der Waals surface area contributed by atoms with Crippen LogP contribution in [0.1, 0.15) is 51.4 Å². The number of nitrogens with zero attached hydrogens (tertiary/aromatic N) is 1. The first-order chi connectivity index (χ1) is 10.2. The molecule has 0 spiro atoms. The Morgan fingerprint density at radius 3 is 2.24 bits per heavy atom. The molecule has 2 aliphatic carbocycles. The van der Waals surface area contributed by atoms with Crippen LogP contribution in [-0.4, -0.2) is 22.8 Å². The van der Waals surface area contributed by atoms with Crippen molar-refractivity contribution in [2.75, 3.05) is 0 Å². The molecule has 21 heavy (non-hydrogen) atoms. The minimum Gasteiger partial charge on any atom is -0.330 e. The van der Waals surface area contributed by atoms with Gasteiger partial charge in [-0.15, -0.1) is 16.9 Å². The van der Waals surface area contributed by atoms with Crippen molar-refractivity contribution in [3.05, 3.63) is 0 Å². The van der Waals surface area contributed by atoms with E-state index in [1.807, 2.05) is 0 Å². The van der Waals surface area contributed by atoms with E-state index in [-0.39, 0.29) is 19.3 Å². The third-order valence-corrected chi connectivity index (χ3v) is 4.72. The minimum atomic E-state index is -0.478. The van der Waals surface area contributed by atoms with Gasteiger partial charge in [0, 0.05) is 32.1 Å². The van der Waals surface area contributed by atoms with Gasteiger partial charge in [-0.2, -0.15) is 0 Å². The molecule has 5 nitrogen and oxygen atoms in total. The van der Waals surface area contributed by atoms with E-state index in [1.165, 1.54) is 0 Å². The molecule has 5 heteroatoms. The van der Waals surface area contributed by atoms with Gasteiger partial charge in [0.05, 0.1) is 0 Å². The van der Waals surface area contributed by atoms with Crippen molar-refractivity contribution in [3.63, 3.8) is 0 Å². The predicted octanol–water partition coefficient (Wildman–Crippen LogP) is 1.81. The molecule has 1 saturated carbocycles. The Morgan fingerprint density at radius 2 is 1.67 bits per heavy atom. The molecule has 1 heterocycles. The molecule has 0 N–H and O–H groups in total. The van der Waals surface area contributed by atoms with Crippen molar-refractivity contribution in [3.8, 4) is 11.8 Å². The van der Waals surface area contributed by atoms with Gasteiger partial charge in [-0.05, 0) is 37.0 Å². The van der Waals surface area contributed by atoms with Crippen LogP contribution in [0, 0.1) is 29.6 Å². The van der Waals surface area contributed by atoms with Gasteiger partial charge >= 0.3 is 5.97 Å². The lowest BCUT2D eigenvalue weighted by atomic mass is 10.1. The predicted molar refractivity (Wildman–Crippen MR) is 73.1 cm³/mol. The van der Waals surface area contributed by atoms with Gasteiger partial charge in [0.1, 0.15) is 0 Å². The van der Waals surface area contributed by atoms with Crippen molar-refractivity contribution in [2.24, 2.45) is 17.8 Å². The van der Waals surface area contributed by atoms with Crippen LogP contribution in [0.3, 0.4) is 0 Å². The Labute approximate surface area is 124 Å². The van der Waals surface area contributed by atoms with Gasteiger partial charge in [0.25, 0.3) is 11.8 Å². The fourth-order valence-electron chi connectivity index (χ4n) is 3.55. The number of rotatable bonds is 4. The van der Waals surface area contributed by atoms with E-state index >= 15 is 0 Å². The SMILES string of the molecule is O=C(CCC1C2CCC#CCCC21)ON1C(=O)CCC1=O. The van der Waals surface area contributed by atoms with Crippen LogP contribution in [0.4, 0.5) is 0 Å². The molecule has 0 bridgehead atoms. The molecular formula is C16H19NO4. The number of amides is 2. The third kappa shape index (κ3) is 3.10. The summed E-state index contributed by atoms with van der Waals surface area (Å²) < 4.78 is 0. The van der Waals surface area contributed by atoms with Crippen LogP contribution in [0.2, 0.25) is 0 Å². The van der Waals surface area contributed by atoms with Gasteiger partial charge < -0.3 is 4.84 Å². The number of carbonyl (C=O) groups excluding carboxylic acids is 3. The lowest BCUT2D eigenvalue weighted by molar-refractivity contribution is -0.197. The Balaban J connectivity index is 1.43. The standard InChI is InChI=1S/C16H19NO4/c18-14-8-9-15(19)17(14)21-16(20)10-7-13-11-5-3-1-2-4-6-12(11)13/h11-13H,3-10H2. The zero-order valence-corrected chi connectivity index (χ0v) is 12.0. The summed E-state index contributed by atoms with van der Waals surface area (Å²) >= 11 is 0. The van der Waals surface area contributed by atoms with E-state index < -0.39 is 17.8 Å². The van der Waals surface area contributed by atoms with Crippen LogP contribution < -0.4 is 0 Å². The maximum atomic E-state index is 11.8. The Kier molecular flexibility index (Phi) is 3.96. The zero-order valence-electron chi connectivity index (χ0n) is 12.0. The normalized spacial score (nSPS) is 30.9. The van der Waals surface area contributed by atoms with Crippen LogP contribution in [0.5, 0.6) is 0 Å². The highest BCUT2D eigenvalue weighted by Gasteiger charge is 2.48. The van der Waals surface area contributed by atoms with Crippen molar-refractivity contribution >= 4 is 17.8 Å². The fourth-order valence-corrected chi connectivity index (χ4v) is 3.55. The van der Waals surface area contributed by atoms with Gasteiger partial charge in [-0.25, -0.2) is 4.79 Å². The van der Waals surface area contributed by atoms with Crippen LogP contribution >= 0.6 is 0 Å².